The van der Waals surface area contributed by atoms with Gasteiger partial charge in [0.1, 0.15) is 5.75 Å². The van der Waals surface area contributed by atoms with Gasteiger partial charge in [0.15, 0.2) is 10.7 Å². The van der Waals surface area contributed by atoms with E-state index in [2.05, 4.69) is 15.4 Å². The van der Waals surface area contributed by atoms with Crippen molar-refractivity contribution in [2.75, 3.05) is 7.11 Å². The molecule has 1 aromatic heterocycles. The van der Waals surface area contributed by atoms with Crippen LogP contribution in [0.5, 0.6) is 5.75 Å². The molecule has 0 aliphatic carbocycles. The molecule has 1 heterocycles. The molecule has 0 saturated heterocycles. The van der Waals surface area contributed by atoms with E-state index in [1.54, 1.807) is 7.11 Å². The zero-order valence-corrected chi connectivity index (χ0v) is 13.0. The Labute approximate surface area is 136 Å². The lowest BCUT2D eigenvalue weighted by atomic mass is 10.1. The first-order valence-electron chi connectivity index (χ1n) is 6.74. The molecule has 7 heteroatoms. The summed E-state index contributed by atoms with van der Waals surface area (Å²) in [5, 5.41) is 19.1. The van der Waals surface area contributed by atoms with E-state index < -0.39 is 5.97 Å². The Morgan fingerprint density at radius 1 is 1.09 bits per heavy atom. The smallest absolute Gasteiger partial charge is 0.356 e. The second-order valence-corrected chi connectivity index (χ2v) is 5.71. The van der Waals surface area contributed by atoms with Gasteiger partial charge in [-0.25, -0.2) is 4.79 Å². The Hall–Kier alpha value is -2.80. The predicted octanol–water partition coefficient (Wildman–Crippen LogP) is 3.33. The van der Waals surface area contributed by atoms with Gasteiger partial charge in [-0.1, -0.05) is 41.2 Å². The highest BCUT2D eigenvalue weighted by Crippen LogP contribution is 2.30. The van der Waals surface area contributed by atoms with Crippen molar-refractivity contribution in [2.45, 2.75) is 9.92 Å². The van der Waals surface area contributed by atoms with Gasteiger partial charge < -0.3 is 9.84 Å². The molecule has 0 aliphatic rings. The number of carboxylic acid groups (broad SMARTS) is 1. The van der Waals surface area contributed by atoms with Gasteiger partial charge in [0.2, 0.25) is 0 Å². The normalized spacial score (nSPS) is 10.5. The fraction of sp³-hybridized carbons (Fsp3) is 0.0625. The average Bonchev–Trinajstić information content (AvgIpc) is 3.04. The molecule has 0 saturated carbocycles. The van der Waals surface area contributed by atoms with Gasteiger partial charge in [-0.3, -0.25) is 5.10 Å². The molecule has 0 aliphatic heterocycles. The Morgan fingerprint density at radius 2 is 1.70 bits per heavy atom. The Morgan fingerprint density at radius 3 is 2.26 bits per heavy atom. The summed E-state index contributed by atoms with van der Waals surface area (Å²) in [5.41, 5.74) is 2.14. The summed E-state index contributed by atoms with van der Waals surface area (Å²) in [7, 11) is 1.64. The number of hydrogen-bond donors (Lipinski definition) is 2. The highest BCUT2D eigenvalue weighted by molar-refractivity contribution is 7.99. The van der Waals surface area contributed by atoms with Crippen molar-refractivity contribution in [3.05, 3.63) is 54.2 Å². The highest BCUT2D eigenvalue weighted by Gasteiger charge is 2.15. The van der Waals surface area contributed by atoms with E-state index in [9.17, 15) is 4.79 Å². The number of nitrogens with zero attached hydrogens (tertiary/aromatic N) is 2. The van der Waals surface area contributed by atoms with E-state index in [-0.39, 0.29) is 5.69 Å². The number of aromatic nitrogens is 3. The van der Waals surface area contributed by atoms with Crippen LogP contribution in [0.1, 0.15) is 10.5 Å². The number of ether oxygens (including phenoxy) is 1. The second-order valence-electron chi connectivity index (χ2n) is 4.65. The van der Waals surface area contributed by atoms with Crippen molar-refractivity contribution < 1.29 is 14.6 Å². The van der Waals surface area contributed by atoms with Crippen molar-refractivity contribution in [1.82, 2.24) is 15.4 Å². The molecular formula is C16H13N3O3S. The van der Waals surface area contributed by atoms with Gasteiger partial charge >= 0.3 is 5.97 Å². The third-order valence-corrected chi connectivity index (χ3v) is 4.21. The van der Waals surface area contributed by atoms with Crippen LogP contribution in [-0.2, 0) is 0 Å². The quantitative estimate of drug-likeness (QED) is 0.747. The first kappa shape index (κ1) is 15.1. The Balaban J connectivity index is 1.78. The van der Waals surface area contributed by atoms with Crippen LogP contribution in [-0.4, -0.2) is 33.6 Å². The summed E-state index contributed by atoms with van der Waals surface area (Å²) in [5.74, 6) is -0.263. The maximum absolute atomic E-state index is 11.0. The van der Waals surface area contributed by atoms with Crippen LogP contribution in [0.15, 0.2) is 58.5 Å². The minimum absolute atomic E-state index is 0.00534. The van der Waals surface area contributed by atoms with Crippen LogP contribution in [0.3, 0.4) is 0 Å². The molecule has 3 rings (SSSR count). The molecule has 0 unspecified atom stereocenters. The van der Waals surface area contributed by atoms with Gasteiger partial charge in [0.25, 0.3) is 0 Å². The van der Waals surface area contributed by atoms with Crippen molar-refractivity contribution in [3.8, 4) is 16.9 Å². The summed E-state index contributed by atoms with van der Waals surface area (Å²) in [6, 6.07) is 15.6. The van der Waals surface area contributed by atoms with E-state index in [1.165, 1.54) is 11.8 Å². The van der Waals surface area contributed by atoms with Gasteiger partial charge in [-0.15, -0.1) is 5.10 Å². The van der Waals surface area contributed by atoms with Gasteiger partial charge in [-0.05, 0) is 35.4 Å². The molecule has 3 aromatic rings. The van der Waals surface area contributed by atoms with Gasteiger partial charge in [0, 0.05) is 4.90 Å². The second kappa shape index (κ2) is 6.53. The number of benzene rings is 2. The molecule has 2 aromatic carbocycles. The maximum Gasteiger partial charge on any atom is 0.356 e. The number of nitrogens with one attached hydrogen (secondary N) is 1. The monoisotopic (exact) mass is 327 g/mol. The van der Waals surface area contributed by atoms with E-state index in [0.717, 1.165) is 21.8 Å². The lowest BCUT2D eigenvalue weighted by molar-refractivity contribution is 0.0686. The number of carbonyl (C=O) groups is 1. The fourth-order valence-electron chi connectivity index (χ4n) is 2.04. The molecule has 0 radical (unpaired) electrons. The van der Waals surface area contributed by atoms with Crippen molar-refractivity contribution in [3.63, 3.8) is 0 Å². The van der Waals surface area contributed by atoms with Crippen LogP contribution in [0.4, 0.5) is 0 Å². The van der Waals surface area contributed by atoms with Crippen LogP contribution in [0.2, 0.25) is 0 Å². The van der Waals surface area contributed by atoms with Gasteiger partial charge in [0.05, 0.1) is 7.11 Å². The molecule has 2 N–H and O–H groups in total. The third-order valence-electron chi connectivity index (χ3n) is 3.22. The minimum Gasteiger partial charge on any atom is -0.497 e. The van der Waals surface area contributed by atoms with E-state index in [1.807, 2.05) is 48.5 Å². The average molecular weight is 327 g/mol. The van der Waals surface area contributed by atoms with Crippen molar-refractivity contribution >= 4 is 17.7 Å². The number of aromatic amines is 1. The number of carboxylic acids is 1. The summed E-state index contributed by atoms with van der Waals surface area (Å²) < 4.78 is 5.15. The van der Waals surface area contributed by atoms with Crippen molar-refractivity contribution in [2.24, 2.45) is 0 Å². The summed E-state index contributed by atoms with van der Waals surface area (Å²) in [6.07, 6.45) is 0. The number of aromatic carboxylic acids is 1. The number of hydrogen-bond acceptors (Lipinski definition) is 5. The molecule has 0 fully saturated rings. The highest BCUT2D eigenvalue weighted by atomic mass is 32.2. The third kappa shape index (κ3) is 3.35. The van der Waals surface area contributed by atoms with E-state index >= 15 is 0 Å². The summed E-state index contributed by atoms with van der Waals surface area (Å²) >= 11 is 1.25. The molecule has 0 bridgehead atoms. The first-order chi connectivity index (χ1) is 11.2. The maximum atomic E-state index is 11.0. The lowest BCUT2D eigenvalue weighted by Gasteiger charge is -2.05. The zero-order chi connectivity index (χ0) is 16.2. The topological polar surface area (TPSA) is 88.1 Å². The molecule has 116 valence electrons. The molecular weight excluding hydrogens is 314 g/mol. The predicted molar refractivity (Wildman–Crippen MR) is 85.9 cm³/mol. The van der Waals surface area contributed by atoms with E-state index in [4.69, 9.17) is 9.84 Å². The Kier molecular flexibility index (Phi) is 4.29. The lowest BCUT2D eigenvalue weighted by Crippen LogP contribution is -1.98. The first-order valence-corrected chi connectivity index (χ1v) is 7.55. The molecule has 0 atom stereocenters. The minimum atomic E-state index is -1.08. The standard InChI is InChI=1S/C16H13N3O3S/c1-22-12-6-2-10(3-7-12)11-4-8-13(9-5-11)23-15-14(16(20)21)17-19-18-15/h2-9H,1H3,(H,20,21)(H,17,18,19). The largest absolute Gasteiger partial charge is 0.497 e. The number of methoxy groups -OCH3 is 1. The Bertz CT molecular complexity index is 813. The van der Waals surface area contributed by atoms with Crippen LogP contribution >= 0.6 is 11.8 Å². The SMILES string of the molecule is COc1ccc(-c2ccc(Sc3nn[nH]c3C(=O)O)cc2)cc1. The van der Waals surface area contributed by atoms with Crippen LogP contribution in [0.25, 0.3) is 11.1 Å². The molecule has 0 spiro atoms. The van der Waals surface area contributed by atoms with Gasteiger partial charge in [-0.2, -0.15) is 0 Å². The number of H-pyrrole nitrogens is 1. The summed E-state index contributed by atoms with van der Waals surface area (Å²) in [4.78, 5) is 11.9. The molecule has 6 nitrogen and oxygen atoms in total. The fourth-order valence-corrected chi connectivity index (χ4v) is 2.85. The van der Waals surface area contributed by atoms with Crippen LogP contribution < -0.4 is 4.74 Å². The zero-order valence-electron chi connectivity index (χ0n) is 12.2. The van der Waals surface area contributed by atoms with E-state index in [0.29, 0.717) is 5.03 Å². The molecule has 0 amide bonds. The van der Waals surface area contributed by atoms with Crippen LogP contribution in [0, 0.1) is 0 Å². The number of rotatable bonds is 5. The van der Waals surface area contributed by atoms with Crippen molar-refractivity contribution in [1.29, 1.82) is 0 Å². The molecule has 23 heavy (non-hydrogen) atoms. The summed E-state index contributed by atoms with van der Waals surface area (Å²) in [6.45, 7) is 0.